The van der Waals surface area contributed by atoms with E-state index in [0.717, 1.165) is 38.3 Å². The predicted octanol–water partition coefficient (Wildman–Crippen LogP) is 0.225. The number of rotatable bonds is 7. The van der Waals surface area contributed by atoms with Gasteiger partial charge in [0, 0.05) is 39.3 Å². The Labute approximate surface area is 120 Å². The minimum absolute atomic E-state index is 0.0453. The van der Waals surface area contributed by atoms with Gasteiger partial charge in [0.05, 0.1) is 6.61 Å². The second-order valence-electron chi connectivity index (χ2n) is 4.92. The number of piperazine rings is 1. The van der Waals surface area contributed by atoms with Crippen LogP contribution in [-0.4, -0.2) is 56.7 Å². The number of nitrogens with zero attached hydrogens (tertiary/aromatic N) is 1. The monoisotopic (exact) mass is 277 g/mol. The van der Waals surface area contributed by atoms with Crippen molar-refractivity contribution in [2.24, 2.45) is 0 Å². The topological polar surface area (TPSA) is 53.6 Å². The molecule has 110 valence electrons. The van der Waals surface area contributed by atoms with Crippen LogP contribution in [0.5, 0.6) is 0 Å². The highest BCUT2D eigenvalue weighted by Crippen LogP contribution is 1.99. The lowest BCUT2D eigenvalue weighted by atomic mass is 10.2. The first-order chi connectivity index (χ1) is 9.84. The largest absolute Gasteiger partial charge is 0.367 e. The third-order valence-electron chi connectivity index (χ3n) is 3.30. The van der Waals surface area contributed by atoms with Crippen LogP contribution in [0, 0.1) is 0 Å². The number of ether oxygens (including phenoxy) is 1. The Kier molecular flexibility index (Phi) is 6.50. The van der Waals surface area contributed by atoms with Crippen LogP contribution in [0.4, 0.5) is 0 Å². The minimum atomic E-state index is -0.0453. The van der Waals surface area contributed by atoms with Crippen molar-refractivity contribution in [1.29, 1.82) is 0 Å². The zero-order valence-electron chi connectivity index (χ0n) is 11.8. The molecule has 0 aliphatic carbocycles. The summed E-state index contributed by atoms with van der Waals surface area (Å²) in [5, 5.41) is 6.20. The molecule has 1 aromatic rings. The van der Waals surface area contributed by atoms with Crippen molar-refractivity contribution in [2.75, 3.05) is 45.9 Å². The quantitative estimate of drug-likeness (QED) is 0.749. The summed E-state index contributed by atoms with van der Waals surface area (Å²) >= 11 is 0. The van der Waals surface area contributed by atoms with Gasteiger partial charge >= 0.3 is 0 Å². The average molecular weight is 277 g/mol. The summed E-state index contributed by atoms with van der Waals surface area (Å²) in [4.78, 5) is 14.0. The van der Waals surface area contributed by atoms with E-state index in [1.54, 1.807) is 0 Å². The molecule has 5 nitrogen and oxygen atoms in total. The summed E-state index contributed by atoms with van der Waals surface area (Å²) in [6.07, 6.45) is 0. The molecule has 5 heteroatoms. The molecule has 2 N–H and O–H groups in total. The molecule has 20 heavy (non-hydrogen) atoms. The maximum atomic E-state index is 11.6. The number of carbonyl (C=O) groups is 1. The van der Waals surface area contributed by atoms with Crippen LogP contribution in [0.15, 0.2) is 30.3 Å². The van der Waals surface area contributed by atoms with Crippen LogP contribution in [0.25, 0.3) is 0 Å². The van der Waals surface area contributed by atoms with E-state index >= 15 is 0 Å². The van der Waals surface area contributed by atoms with Crippen molar-refractivity contribution in [3.05, 3.63) is 35.9 Å². The van der Waals surface area contributed by atoms with Crippen molar-refractivity contribution in [3.8, 4) is 0 Å². The Balaban J connectivity index is 1.52. The van der Waals surface area contributed by atoms with E-state index in [-0.39, 0.29) is 12.5 Å². The maximum Gasteiger partial charge on any atom is 0.246 e. The zero-order valence-corrected chi connectivity index (χ0v) is 11.8. The fourth-order valence-electron chi connectivity index (χ4n) is 2.18. The molecule has 0 aromatic heterocycles. The lowest BCUT2D eigenvalue weighted by Gasteiger charge is -2.27. The fourth-order valence-corrected chi connectivity index (χ4v) is 2.18. The molecular weight excluding hydrogens is 254 g/mol. The van der Waals surface area contributed by atoms with Gasteiger partial charge in [-0.25, -0.2) is 0 Å². The van der Waals surface area contributed by atoms with Gasteiger partial charge in [-0.15, -0.1) is 0 Å². The summed E-state index contributed by atoms with van der Waals surface area (Å²) in [6.45, 7) is 6.38. The second-order valence-corrected chi connectivity index (χ2v) is 4.92. The Morgan fingerprint density at radius 1 is 1.25 bits per heavy atom. The first-order valence-electron chi connectivity index (χ1n) is 7.16. The van der Waals surface area contributed by atoms with Gasteiger partial charge in [0.2, 0.25) is 5.91 Å². The highest BCUT2D eigenvalue weighted by Gasteiger charge is 2.09. The average Bonchev–Trinajstić information content (AvgIpc) is 2.49. The van der Waals surface area contributed by atoms with Crippen molar-refractivity contribution in [2.45, 2.75) is 6.61 Å². The molecule has 0 spiro atoms. The number of benzene rings is 1. The Bertz CT molecular complexity index is 391. The van der Waals surface area contributed by atoms with Crippen LogP contribution < -0.4 is 10.6 Å². The van der Waals surface area contributed by atoms with Gasteiger partial charge in [0.1, 0.15) is 6.61 Å². The van der Waals surface area contributed by atoms with E-state index in [0.29, 0.717) is 13.2 Å². The summed E-state index contributed by atoms with van der Waals surface area (Å²) in [6, 6.07) is 9.87. The van der Waals surface area contributed by atoms with Gasteiger partial charge in [0.15, 0.2) is 0 Å². The number of hydrogen-bond acceptors (Lipinski definition) is 4. The molecule has 1 fully saturated rings. The van der Waals surface area contributed by atoms with Crippen molar-refractivity contribution in [1.82, 2.24) is 15.5 Å². The van der Waals surface area contributed by atoms with Gasteiger partial charge in [-0.1, -0.05) is 30.3 Å². The first kappa shape index (κ1) is 15.0. The van der Waals surface area contributed by atoms with Gasteiger partial charge in [-0.3, -0.25) is 9.69 Å². The Morgan fingerprint density at radius 2 is 2.00 bits per heavy atom. The predicted molar refractivity (Wildman–Crippen MR) is 78.4 cm³/mol. The van der Waals surface area contributed by atoms with E-state index in [4.69, 9.17) is 4.74 Å². The van der Waals surface area contributed by atoms with E-state index in [9.17, 15) is 4.79 Å². The van der Waals surface area contributed by atoms with Crippen LogP contribution in [-0.2, 0) is 16.1 Å². The Hall–Kier alpha value is -1.43. The molecule has 1 aliphatic heterocycles. The third-order valence-corrected chi connectivity index (χ3v) is 3.30. The minimum Gasteiger partial charge on any atom is -0.367 e. The van der Waals surface area contributed by atoms with Crippen LogP contribution in [0.2, 0.25) is 0 Å². The van der Waals surface area contributed by atoms with Crippen LogP contribution in [0.3, 0.4) is 0 Å². The number of amides is 1. The lowest BCUT2D eigenvalue weighted by molar-refractivity contribution is -0.126. The van der Waals surface area contributed by atoms with E-state index in [1.165, 1.54) is 0 Å². The molecular formula is C15H23N3O2. The molecule has 1 aliphatic rings. The highest BCUT2D eigenvalue weighted by molar-refractivity contribution is 5.77. The van der Waals surface area contributed by atoms with Crippen molar-refractivity contribution >= 4 is 5.91 Å². The fraction of sp³-hybridized carbons (Fsp3) is 0.533. The first-order valence-corrected chi connectivity index (χ1v) is 7.16. The molecule has 2 rings (SSSR count). The highest BCUT2D eigenvalue weighted by atomic mass is 16.5. The molecule has 1 amide bonds. The normalized spacial score (nSPS) is 16.0. The van der Waals surface area contributed by atoms with E-state index in [2.05, 4.69) is 15.5 Å². The van der Waals surface area contributed by atoms with E-state index < -0.39 is 0 Å². The lowest BCUT2D eigenvalue weighted by Crippen LogP contribution is -2.46. The van der Waals surface area contributed by atoms with Crippen LogP contribution >= 0.6 is 0 Å². The summed E-state index contributed by atoms with van der Waals surface area (Å²) in [5.41, 5.74) is 1.08. The zero-order chi connectivity index (χ0) is 14.0. The second kappa shape index (κ2) is 8.68. The molecule has 0 unspecified atom stereocenters. The van der Waals surface area contributed by atoms with Crippen molar-refractivity contribution in [3.63, 3.8) is 0 Å². The summed E-state index contributed by atoms with van der Waals surface area (Å²) in [7, 11) is 0. The SMILES string of the molecule is O=C(COCc1ccccc1)NCCN1CCNCC1. The molecule has 0 atom stereocenters. The van der Waals surface area contributed by atoms with Gasteiger partial charge < -0.3 is 15.4 Å². The smallest absolute Gasteiger partial charge is 0.246 e. The molecule has 1 aromatic carbocycles. The van der Waals surface area contributed by atoms with Crippen LogP contribution in [0.1, 0.15) is 5.56 Å². The summed E-state index contributed by atoms with van der Waals surface area (Å²) in [5.74, 6) is -0.0453. The summed E-state index contributed by atoms with van der Waals surface area (Å²) < 4.78 is 5.39. The molecule has 0 saturated carbocycles. The Morgan fingerprint density at radius 3 is 2.75 bits per heavy atom. The number of carbonyl (C=O) groups excluding carboxylic acids is 1. The molecule has 1 heterocycles. The molecule has 0 radical (unpaired) electrons. The van der Waals surface area contributed by atoms with Gasteiger partial charge in [0.25, 0.3) is 0 Å². The molecule has 1 saturated heterocycles. The van der Waals surface area contributed by atoms with Gasteiger partial charge in [-0.05, 0) is 5.56 Å². The van der Waals surface area contributed by atoms with Crippen molar-refractivity contribution < 1.29 is 9.53 Å². The van der Waals surface area contributed by atoms with Gasteiger partial charge in [-0.2, -0.15) is 0 Å². The van der Waals surface area contributed by atoms with E-state index in [1.807, 2.05) is 30.3 Å². The third kappa shape index (κ3) is 5.69. The standard InChI is InChI=1S/C15H23N3O2/c19-15(13-20-12-14-4-2-1-3-5-14)17-8-11-18-9-6-16-7-10-18/h1-5,16H,6-13H2,(H,17,19). The number of nitrogens with one attached hydrogen (secondary N) is 2. The maximum absolute atomic E-state index is 11.6. The number of hydrogen-bond donors (Lipinski definition) is 2. The molecule has 0 bridgehead atoms.